The molecule has 2 rings (SSSR count). The van der Waals surface area contributed by atoms with E-state index in [0.717, 1.165) is 0 Å². The molecular formula is C9H14N2S. The van der Waals surface area contributed by atoms with E-state index < -0.39 is 0 Å². The summed E-state index contributed by atoms with van der Waals surface area (Å²) in [6.45, 7) is 6.61. The molecule has 0 radical (unpaired) electrons. The SMILES string of the molecule is CC(C)c1nnc(C2(C)CC2)s1. The van der Waals surface area contributed by atoms with E-state index in [2.05, 4.69) is 31.0 Å². The van der Waals surface area contributed by atoms with Gasteiger partial charge in [0.1, 0.15) is 10.0 Å². The Hall–Kier alpha value is -0.440. The highest BCUT2D eigenvalue weighted by Crippen LogP contribution is 2.48. The summed E-state index contributed by atoms with van der Waals surface area (Å²) in [7, 11) is 0. The lowest BCUT2D eigenvalue weighted by molar-refractivity contribution is 0.746. The van der Waals surface area contributed by atoms with E-state index in [1.54, 1.807) is 11.3 Å². The van der Waals surface area contributed by atoms with E-state index >= 15 is 0 Å². The molecule has 1 aliphatic rings. The molecule has 1 aliphatic carbocycles. The van der Waals surface area contributed by atoms with Crippen molar-refractivity contribution in [3.63, 3.8) is 0 Å². The first-order valence-corrected chi connectivity index (χ1v) is 5.27. The normalized spacial score (nSPS) is 20.0. The maximum atomic E-state index is 4.24. The number of nitrogens with zero attached hydrogens (tertiary/aromatic N) is 2. The van der Waals surface area contributed by atoms with Gasteiger partial charge in [-0.3, -0.25) is 0 Å². The molecule has 1 aromatic heterocycles. The third-order valence-electron chi connectivity index (χ3n) is 2.45. The van der Waals surface area contributed by atoms with Crippen molar-refractivity contribution < 1.29 is 0 Å². The Morgan fingerprint density at radius 3 is 2.42 bits per heavy atom. The molecule has 0 aromatic carbocycles. The molecule has 0 bridgehead atoms. The van der Waals surface area contributed by atoms with Crippen LogP contribution in [-0.4, -0.2) is 10.2 Å². The zero-order valence-electron chi connectivity index (χ0n) is 7.79. The van der Waals surface area contributed by atoms with E-state index in [-0.39, 0.29) is 0 Å². The summed E-state index contributed by atoms with van der Waals surface area (Å²) in [5, 5.41) is 10.9. The molecule has 1 heterocycles. The molecule has 66 valence electrons. The lowest BCUT2D eigenvalue weighted by Gasteiger charge is -1.99. The van der Waals surface area contributed by atoms with Gasteiger partial charge >= 0.3 is 0 Å². The van der Waals surface area contributed by atoms with Crippen LogP contribution in [0.1, 0.15) is 49.5 Å². The summed E-state index contributed by atoms with van der Waals surface area (Å²) in [5.74, 6) is 0.526. The van der Waals surface area contributed by atoms with Crippen LogP contribution in [0.4, 0.5) is 0 Å². The first kappa shape index (κ1) is 8.17. The largest absolute Gasteiger partial charge is 0.143 e. The van der Waals surface area contributed by atoms with Crippen molar-refractivity contribution in [1.82, 2.24) is 10.2 Å². The van der Waals surface area contributed by atoms with Gasteiger partial charge in [0.05, 0.1) is 0 Å². The highest BCUT2D eigenvalue weighted by molar-refractivity contribution is 7.11. The van der Waals surface area contributed by atoms with Gasteiger partial charge in [-0.05, 0) is 12.8 Å². The van der Waals surface area contributed by atoms with Crippen LogP contribution in [0.2, 0.25) is 0 Å². The van der Waals surface area contributed by atoms with Crippen molar-refractivity contribution in [2.24, 2.45) is 0 Å². The first-order valence-electron chi connectivity index (χ1n) is 4.46. The number of hydrogen-bond donors (Lipinski definition) is 0. The van der Waals surface area contributed by atoms with Crippen LogP contribution in [0.25, 0.3) is 0 Å². The minimum atomic E-state index is 0.394. The molecule has 1 aromatic rings. The number of aromatic nitrogens is 2. The van der Waals surface area contributed by atoms with Crippen molar-refractivity contribution in [1.29, 1.82) is 0 Å². The fraction of sp³-hybridized carbons (Fsp3) is 0.778. The third kappa shape index (κ3) is 1.26. The van der Waals surface area contributed by atoms with E-state index in [9.17, 15) is 0 Å². The average molecular weight is 182 g/mol. The van der Waals surface area contributed by atoms with E-state index in [1.807, 2.05) is 0 Å². The Morgan fingerprint density at radius 2 is 2.00 bits per heavy atom. The van der Waals surface area contributed by atoms with Crippen molar-refractivity contribution in [2.45, 2.75) is 44.9 Å². The Morgan fingerprint density at radius 1 is 1.33 bits per heavy atom. The molecule has 0 N–H and O–H groups in total. The van der Waals surface area contributed by atoms with Crippen molar-refractivity contribution >= 4 is 11.3 Å². The molecule has 0 amide bonds. The predicted octanol–water partition coefficient (Wildman–Crippen LogP) is 2.71. The molecule has 0 saturated heterocycles. The van der Waals surface area contributed by atoms with Crippen molar-refractivity contribution in [3.05, 3.63) is 10.0 Å². The van der Waals surface area contributed by atoms with Crippen LogP contribution < -0.4 is 0 Å². The van der Waals surface area contributed by atoms with Gasteiger partial charge in [0.25, 0.3) is 0 Å². The second-order valence-corrected chi connectivity index (χ2v) is 5.17. The van der Waals surface area contributed by atoms with Gasteiger partial charge in [0, 0.05) is 11.3 Å². The standard InChI is InChI=1S/C9H14N2S/c1-6(2)7-10-11-8(12-7)9(3)4-5-9/h6H,4-5H2,1-3H3. The molecule has 12 heavy (non-hydrogen) atoms. The summed E-state index contributed by atoms with van der Waals surface area (Å²) in [5.41, 5.74) is 0.394. The van der Waals surface area contributed by atoms with Gasteiger partial charge in [0.15, 0.2) is 0 Å². The van der Waals surface area contributed by atoms with Gasteiger partial charge in [-0.25, -0.2) is 0 Å². The zero-order chi connectivity index (χ0) is 8.77. The smallest absolute Gasteiger partial charge is 0.123 e. The minimum absolute atomic E-state index is 0.394. The van der Waals surface area contributed by atoms with Gasteiger partial charge in [-0.15, -0.1) is 21.5 Å². The zero-order valence-corrected chi connectivity index (χ0v) is 8.61. The topological polar surface area (TPSA) is 25.8 Å². The molecule has 2 nitrogen and oxygen atoms in total. The Kier molecular flexibility index (Phi) is 1.72. The monoisotopic (exact) mass is 182 g/mol. The Labute approximate surface area is 77.0 Å². The quantitative estimate of drug-likeness (QED) is 0.702. The number of rotatable bonds is 2. The second-order valence-electron chi connectivity index (χ2n) is 4.16. The maximum Gasteiger partial charge on any atom is 0.123 e. The second kappa shape index (κ2) is 2.52. The van der Waals surface area contributed by atoms with Crippen LogP contribution in [0.15, 0.2) is 0 Å². The van der Waals surface area contributed by atoms with Gasteiger partial charge in [-0.1, -0.05) is 20.8 Å². The molecule has 0 spiro atoms. The fourth-order valence-corrected chi connectivity index (χ4v) is 2.16. The lowest BCUT2D eigenvalue weighted by atomic mass is 10.2. The van der Waals surface area contributed by atoms with Crippen molar-refractivity contribution in [3.8, 4) is 0 Å². The van der Waals surface area contributed by atoms with Crippen LogP contribution in [0, 0.1) is 0 Å². The van der Waals surface area contributed by atoms with Gasteiger partial charge in [-0.2, -0.15) is 0 Å². The molecule has 0 aliphatic heterocycles. The molecule has 1 fully saturated rings. The average Bonchev–Trinajstić information content (AvgIpc) is 2.61. The van der Waals surface area contributed by atoms with Crippen LogP contribution in [0.3, 0.4) is 0 Å². The van der Waals surface area contributed by atoms with Crippen LogP contribution in [-0.2, 0) is 5.41 Å². The molecule has 0 atom stereocenters. The van der Waals surface area contributed by atoms with E-state index in [4.69, 9.17) is 0 Å². The van der Waals surface area contributed by atoms with E-state index in [1.165, 1.54) is 22.9 Å². The predicted molar refractivity (Wildman–Crippen MR) is 50.6 cm³/mol. The van der Waals surface area contributed by atoms with Crippen LogP contribution >= 0.6 is 11.3 Å². The molecule has 0 unspecified atom stereocenters. The lowest BCUT2D eigenvalue weighted by Crippen LogP contribution is -1.97. The third-order valence-corrected chi connectivity index (χ3v) is 3.98. The Balaban J connectivity index is 2.25. The number of hydrogen-bond acceptors (Lipinski definition) is 3. The van der Waals surface area contributed by atoms with Gasteiger partial charge < -0.3 is 0 Å². The minimum Gasteiger partial charge on any atom is -0.143 e. The van der Waals surface area contributed by atoms with E-state index in [0.29, 0.717) is 11.3 Å². The maximum absolute atomic E-state index is 4.24. The molecule has 3 heteroatoms. The highest BCUT2D eigenvalue weighted by Gasteiger charge is 2.42. The summed E-state index contributed by atoms with van der Waals surface area (Å²) in [6.07, 6.45) is 2.58. The van der Waals surface area contributed by atoms with Crippen molar-refractivity contribution in [2.75, 3.05) is 0 Å². The summed E-state index contributed by atoms with van der Waals surface area (Å²) < 4.78 is 0. The summed E-state index contributed by atoms with van der Waals surface area (Å²) in [4.78, 5) is 0. The molecular weight excluding hydrogens is 168 g/mol. The fourth-order valence-electron chi connectivity index (χ4n) is 1.11. The summed E-state index contributed by atoms with van der Waals surface area (Å²) in [6, 6.07) is 0. The van der Waals surface area contributed by atoms with Crippen LogP contribution in [0.5, 0.6) is 0 Å². The Bertz CT molecular complexity index is 286. The highest BCUT2D eigenvalue weighted by atomic mass is 32.1. The van der Waals surface area contributed by atoms with Gasteiger partial charge in [0.2, 0.25) is 0 Å². The first-order chi connectivity index (χ1) is 5.62. The summed E-state index contributed by atoms with van der Waals surface area (Å²) >= 11 is 1.79. The molecule has 1 saturated carbocycles.